The third-order valence-corrected chi connectivity index (χ3v) is 20.2. The van der Waals surface area contributed by atoms with Gasteiger partial charge in [0.2, 0.25) is 0 Å². The predicted molar refractivity (Wildman–Crippen MR) is 445 cm³/mol. The fourth-order valence-electron chi connectivity index (χ4n) is 13.4. The zero-order valence-electron chi connectivity index (χ0n) is 66.0. The number of carbonyl (C=O) groups excluding carboxylic acids is 4. The van der Waals surface area contributed by atoms with Gasteiger partial charge in [0, 0.05) is 67.4 Å². The van der Waals surface area contributed by atoms with Crippen molar-refractivity contribution in [2.24, 2.45) is 0 Å². The molecule has 0 saturated carbocycles. The van der Waals surface area contributed by atoms with Crippen LogP contribution in [0.2, 0.25) is 0 Å². The maximum atomic E-state index is 13.0. The number of fused-ring (bicyclic) bond motifs is 5. The van der Waals surface area contributed by atoms with Crippen molar-refractivity contribution in [3.8, 4) is 22.5 Å². The number of nitrogens with one attached hydrogen (secondary N) is 5. The molecule has 17 rings (SSSR count). The second-order valence-electron chi connectivity index (χ2n) is 29.9. The Morgan fingerprint density at radius 3 is 1.37 bits per heavy atom. The molecule has 2 aromatic carbocycles. The molecule has 0 aliphatic carbocycles. The summed E-state index contributed by atoms with van der Waals surface area (Å²) in [6, 6.07) is 16.0. The average molecular weight is 1810 g/mol. The lowest BCUT2D eigenvalue weighted by Crippen LogP contribution is -2.43. The minimum atomic E-state index is -4.56. The minimum absolute atomic E-state index is 0.0226. The van der Waals surface area contributed by atoms with E-state index in [1.54, 1.807) is 57.1 Å². The Morgan fingerprint density at radius 1 is 0.492 bits per heavy atom. The van der Waals surface area contributed by atoms with Gasteiger partial charge in [-0.05, 0) is 167 Å². The van der Waals surface area contributed by atoms with Crippen molar-refractivity contribution >= 4 is 152 Å². The Kier molecular flexibility index (Phi) is 25.6. The fraction of sp³-hybridized carbons (Fsp3) is 0.329. The van der Waals surface area contributed by atoms with E-state index < -0.39 is 52.6 Å². The van der Waals surface area contributed by atoms with E-state index in [1.165, 1.54) is 43.8 Å². The van der Waals surface area contributed by atoms with Gasteiger partial charge in [-0.3, -0.25) is 19.8 Å². The highest BCUT2D eigenvalue weighted by molar-refractivity contribution is 9.10. The van der Waals surface area contributed by atoms with Crippen LogP contribution in [0, 0.1) is 0 Å². The van der Waals surface area contributed by atoms with Crippen molar-refractivity contribution in [1.29, 1.82) is 0 Å². The first-order valence-corrected chi connectivity index (χ1v) is 39.3. The van der Waals surface area contributed by atoms with Crippen molar-refractivity contribution < 1.29 is 55.0 Å². The van der Waals surface area contributed by atoms with E-state index in [2.05, 4.69) is 133 Å². The lowest BCUT2D eigenvalue weighted by atomic mass is 10.1. The number of ether oxygens (including phenoxy) is 2. The molecule has 0 unspecified atom stereocenters. The number of amides is 4. The Bertz CT molecular complexity index is 6130. The summed E-state index contributed by atoms with van der Waals surface area (Å²) in [4.78, 5) is 102. The summed E-state index contributed by atoms with van der Waals surface area (Å²) in [5.41, 5.74) is 32.4. The van der Waals surface area contributed by atoms with Crippen LogP contribution in [0.5, 0.6) is 0 Å². The van der Waals surface area contributed by atoms with Crippen molar-refractivity contribution in [3.05, 3.63) is 154 Å². The Balaban J connectivity index is 0.000000143. The van der Waals surface area contributed by atoms with E-state index in [0.29, 0.717) is 126 Å². The fourth-order valence-corrected chi connectivity index (χ4v) is 14.4. The largest absolute Gasteiger partial charge is 0.444 e. The van der Waals surface area contributed by atoms with E-state index in [1.807, 2.05) is 50.9 Å². The van der Waals surface area contributed by atoms with Gasteiger partial charge in [-0.15, -0.1) is 0 Å². The van der Waals surface area contributed by atoms with E-state index in [9.17, 15) is 45.5 Å². The first kappa shape index (κ1) is 86.3. The zero-order valence-corrected chi connectivity index (χ0v) is 69.1. The first-order chi connectivity index (χ1) is 58.0. The van der Waals surface area contributed by atoms with E-state index >= 15 is 0 Å². The smallest absolute Gasteiger partial charge is 0.416 e. The second kappa shape index (κ2) is 36.2. The van der Waals surface area contributed by atoms with Crippen LogP contribution in [0.4, 0.5) is 76.7 Å². The number of hydrogen-bond acceptors (Lipinski definition) is 29. The minimum Gasteiger partial charge on any atom is -0.444 e. The molecule has 4 amide bonds. The van der Waals surface area contributed by atoms with Gasteiger partial charge >= 0.3 is 24.5 Å². The summed E-state index contributed by atoms with van der Waals surface area (Å²) in [7, 11) is 0. The van der Waals surface area contributed by atoms with Crippen molar-refractivity contribution in [2.75, 3.05) is 78.6 Å². The highest BCUT2D eigenvalue weighted by Gasteiger charge is 2.36. The molecule has 15 heterocycles. The number of hydrogen-bond donors (Lipinski definition) is 10. The lowest BCUT2D eigenvalue weighted by Gasteiger charge is -2.34. The van der Waals surface area contributed by atoms with Crippen LogP contribution in [0.1, 0.15) is 130 Å². The van der Waals surface area contributed by atoms with Gasteiger partial charge in [0.15, 0.2) is 28.2 Å². The number of nitrogens with two attached hydrogens (primary N) is 5. The van der Waals surface area contributed by atoms with Crippen LogP contribution < -0.4 is 44.6 Å². The van der Waals surface area contributed by atoms with Crippen LogP contribution in [0.3, 0.4) is 0 Å². The molecule has 15 N–H and O–H groups in total. The third kappa shape index (κ3) is 20.3. The number of nitrogens with zero attached hydrogens (tertiary/aromatic N) is 22. The third-order valence-electron chi connectivity index (χ3n) is 19.0. The molecule has 122 heavy (non-hydrogen) atoms. The van der Waals surface area contributed by atoms with Gasteiger partial charge in [0.1, 0.15) is 104 Å². The number of nitrogen functional groups attached to an aromatic ring is 5. The molecule has 3 fully saturated rings. The number of likely N-dealkylation sites (tertiary alicyclic amines) is 2. The number of pyridine rings is 2. The normalized spacial score (nSPS) is 15.7. The van der Waals surface area contributed by atoms with Crippen LogP contribution in [0.25, 0.3) is 77.7 Å². The summed E-state index contributed by atoms with van der Waals surface area (Å²) in [6.45, 7) is 14.9. The standard InChI is InChI=1S/C28H29F3N8O3.C23H21F3N8O.C15H21BrN6O2.C5H4BrN5.C5H5N5/c1-27(2,3)42-26(41)38-12-4-5-19(14-38)39-24-21(23(32)34-15-35-24)22(37-39)16-6-8-17(9-7-16)25(40)36-20-13-18(10-11-33-20)28(29,30)31;24-23(25,26)15-7-9-29-17(10-15)32-22(35)14-5-3-13(4-6-14)19-18-20(27)30-12-31-21(18)34(33-19)16-2-1-8-28-11-16;1-15(2,3)24-14(23)21-6-4-5-9(7-21)22-13-10(11(16)20-22)12(17)18-8-19-13;6-3-2-4(7)8-1-9-5(2)11-10-3;6-4-3-1-9-10-5(3)8-2-7-4/h6-11,13,15,19H,4-5,12,14H2,1-3H3,(H2,32,34,35)(H,33,36,40);3-7,9-10,12,16,28H,1-2,8,11H2,(H2,27,30,31)(H,29,32,35);8-9H,4-7H2,1-3H3,(H2,17,18,19);1H,(H3,7,8,9,10,11);1-2H,(H3,6,7,8,9,10)/t19-;16-;9-;;/m111../s1. The van der Waals surface area contributed by atoms with E-state index in [4.69, 9.17) is 48.3 Å². The molecule has 0 radical (unpaired) electrons. The number of aromatic amines is 2. The van der Waals surface area contributed by atoms with E-state index in [-0.39, 0.29) is 52.8 Å². The summed E-state index contributed by atoms with van der Waals surface area (Å²) in [6.07, 6.45) is 6.02. The number of aromatic nitrogens is 22. The molecular formula is C76H80Br2F6N32O6. The number of rotatable bonds is 9. The monoisotopic (exact) mass is 1810 g/mol. The Hall–Kier alpha value is -13.5. The van der Waals surface area contributed by atoms with Gasteiger partial charge in [-0.25, -0.2) is 83.4 Å². The van der Waals surface area contributed by atoms with Crippen molar-refractivity contribution in [1.82, 2.24) is 125 Å². The number of piperidine rings is 3. The molecular weight excluding hydrogens is 1730 g/mol. The molecule has 46 heteroatoms. The van der Waals surface area contributed by atoms with E-state index in [0.717, 1.165) is 99.0 Å². The molecule has 3 aliphatic heterocycles. The molecule has 3 aliphatic rings. The van der Waals surface area contributed by atoms with Crippen LogP contribution >= 0.6 is 31.9 Å². The highest BCUT2D eigenvalue weighted by atomic mass is 79.9. The molecule has 0 bridgehead atoms. The quantitative estimate of drug-likeness (QED) is 0.0600. The molecule has 14 aromatic rings. The lowest BCUT2D eigenvalue weighted by molar-refractivity contribution is -0.138. The number of alkyl halides is 6. The number of H-pyrrole nitrogens is 2. The molecule has 0 spiro atoms. The van der Waals surface area contributed by atoms with Gasteiger partial charge in [0.25, 0.3) is 11.8 Å². The summed E-state index contributed by atoms with van der Waals surface area (Å²) >= 11 is 6.66. The second-order valence-corrected chi connectivity index (χ2v) is 31.5. The number of anilines is 7. The van der Waals surface area contributed by atoms with Crippen LogP contribution in [-0.4, -0.2) is 194 Å². The number of halogens is 8. The summed E-state index contributed by atoms with van der Waals surface area (Å²) < 4.78 is 95.6. The van der Waals surface area contributed by atoms with Gasteiger partial charge < -0.3 is 63.9 Å². The maximum absolute atomic E-state index is 13.0. The summed E-state index contributed by atoms with van der Waals surface area (Å²) in [5, 5.41) is 38.7. The first-order valence-electron chi connectivity index (χ1n) is 37.7. The number of benzene rings is 2. The topological polar surface area (TPSA) is 525 Å². The highest BCUT2D eigenvalue weighted by Crippen LogP contribution is 2.39. The SMILES string of the molecule is CC(C)(C)OC(=O)N1CCC[C@@H](n2nc(-c3ccc(C(=O)Nc4cc(C(F)(F)F)ccn4)cc3)c3c(N)ncnc32)C1.CC(C)(C)OC(=O)N1CCC[C@@H](n2nc(Br)c3c(N)ncnc32)C1.Nc1ncnc2[nH]ncc12.Nc1ncnc2c1c(-c1ccc(C(=O)Nc3cc(C(F)(F)F)ccn3)cc1)nn2[C@@H]1CCCNC1.Nc1ncnc2n[nH]c(Br)c12. The summed E-state index contributed by atoms with van der Waals surface area (Å²) in [5.74, 6) is 0.167. The van der Waals surface area contributed by atoms with Crippen molar-refractivity contribution in [3.63, 3.8) is 0 Å². The molecule has 38 nitrogen and oxygen atoms in total. The zero-order chi connectivity index (χ0) is 87.1. The maximum Gasteiger partial charge on any atom is 0.416 e. The average Bonchev–Trinajstić information content (AvgIpc) is 1.62. The Morgan fingerprint density at radius 2 is 0.918 bits per heavy atom. The van der Waals surface area contributed by atoms with Crippen molar-refractivity contribution in [2.45, 2.75) is 122 Å². The van der Waals surface area contributed by atoms with Crippen LogP contribution in [0.15, 0.2) is 132 Å². The number of carbonyl (C=O) groups is 4. The molecule has 12 aromatic heterocycles. The predicted octanol–water partition coefficient (Wildman–Crippen LogP) is 12.4. The molecule has 3 atom stereocenters. The van der Waals surface area contributed by atoms with Gasteiger partial charge in [-0.1, -0.05) is 24.3 Å². The van der Waals surface area contributed by atoms with Gasteiger partial charge in [-0.2, -0.15) is 51.8 Å². The molecule has 636 valence electrons. The Labute approximate surface area is 705 Å². The van der Waals surface area contributed by atoms with Gasteiger partial charge in [0.05, 0.1) is 62.4 Å². The van der Waals surface area contributed by atoms with Crippen LogP contribution in [-0.2, 0) is 21.8 Å². The molecule has 3 saturated heterocycles.